The number of para-hydroxylation sites is 1. The first-order valence-electron chi connectivity index (χ1n) is 7.67. The summed E-state index contributed by atoms with van der Waals surface area (Å²) in [4.78, 5) is 2.22. The van der Waals surface area contributed by atoms with E-state index in [0.29, 0.717) is 5.41 Å². The van der Waals surface area contributed by atoms with Gasteiger partial charge in [-0.05, 0) is 49.7 Å². The third-order valence-electron chi connectivity index (χ3n) is 4.27. The van der Waals surface area contributed by atoms with Gasteiger partial charge in [0, 0.05) is 19.1 Å². The summed E-state index contributed by atoms with van der Waals surface area (Å²) in [7, 11) is 0. The molecular formula is C17H27FN2. The number of benzene rings is 1. The molecule has 1 saturated heterocycles. The molecule has 0 aliphatic carbocycles. The molecule has 1 aliphatic heterocycles. The van der Waals surface area contributed by atoms with Crippen molar-refractivity contribution in [1.29, 1.82) is 0 Å². The molecule has 1 atom stereocenters. The summed E-state index contributed by atoms with van der Waals surface area (Å²) < 4.78 is 14.3. The van der Waals surface area contributed by atoms with Gasteiger partial charge in [-0.1, -0.05) is 26.0 Å². The van der Waals surface area contributed by atoms with Crippen molar-refractivity contribution in [3.8, 4) is 0 Å². The van der Waals surface area contributed by atoms with Crippen LogP contribution in [0.5, 0.6) is 0 Å². The normalized spacial score (nSPS) is 20.6. The largest absolute Gasteiger partial charge is 0.369 e. The summed E-state index contributed by atoms with van der Waals surface area (Å²) in [6.45, 7) is 8.46. The minimum absolute atomic E-state index is 0.0546. The molecule has 2 N–H and O–H groups in total. The minimum Gasteiger partial charge on any atom is -0.369 e. The first-order chi connectivity index (χ1) is 9.39. The van der Waals surface area contributed by atoms with E-state index in [2.05, 4.69) is 18.7 Å². The molecule has 2 rings (SSSR count). The minimum atomic E-state index is -0.108. The van der Waals surface area contributed by atoms with E-state index < -0.39 is 0 Å². The van der Waals surface area contributed by atoms with Crippen molar-refractivity contribution in [2.75, 3.05) is 18.0 Å². The SMILES string of the molecule is CC(N)Cc1cccc(F)c1N1CCCC(C)(C)CC1. The van der Waals surface area contributed by atoms with Gasteiger partial charge in [0.05, 0.1) is 5.69 Å². The second-order valence-corrected chi connectivity index (χ2v) is 6.93. The zero-order valence-electron chi connectivity index (χ0n) is 13.0. The van der Waals surface area contributed by atoms with Crippen LogP contribution in [0.15, 0.2) is 18.2 Å². The molecule has 0 radical (unpaired) electrons. The van der Waals surface area contributed by atoms with Crippen LogP contribution in [0.1, 0.15) is 45.6 Å². The van der Waals surface area contributed by atoms with Gasteiger partial charge in [0.1, 0.15) is 5.82 Å². The molecule has 0 saturated carbocycles. The Bertz CT molecular complexity index is 454. The smallest absolute Gasteiger partial charge is 0.146 e. The molecule has 1 unspecified atom stereocenters. The van der Waals surface area contributed by atoms with Crippen LogP contribution in [-0.2, 0) is 6.42 Å². The van der Waals surface area contributed by atoms with E-state index in [0.717, 1.165) is 43.6 Å². The van der Waals surface area contributed by atoms with Gasteiger partial charge in [-0.2, -0.15) is 0 Å². The fourth-order valence-electron chi connectivity index (χ4n) is 3.07. The van der Waals surface area contributed by atoms with Gasteiger partial charge < -0.3 is 10.6 Å². The summed E-state index contributed by atoms with van der Waals surface area (Å²) in [5.41, 5.74) is 8.09. The predicted molar refractivity (Wildman–Crippen MR) is 83.6 cm³/mol. The van der Waals surface area contributed by atoms with Crippen molar-refractivity contribution < 1.29 is 4.39 Å². The first kappa shape index (κ1) is 15.3. The van der Waals surface area contributed by atoms with Crippen LogP contribution < -0.4 is 10.6 Å². The monoisotopic (exact) mass is 278 g/mol. The van der Waals surface area contributed by atoms with Gasteiger partial charge in [-0.3, -0.25) is 0 Å². The van der Waals surface area contributed by atoms with Gasteiger partial charge in [0.2, 0.25) is 0 Å². The molecular weight excluding hydrogens is 251 g/mol. The van der Waals surface area contributed by atoms with E-state index >= 15 is 0 Å². The van der Waals surface area contributed by atoms with Gasteiger partial charge in [0.25, 0.3) is 0 Å². The summed E-state index contributed by atoms with van der Waals surface area (Å²) in [6.07, 6.45) is 4.17. The van der Waals surface area contributed by atoms with Gasteiger partial charge in [-0.25, -0.2) is 4.39 Å². The Hall–Kier alpha value is -1.09. The van der Waals surface area contributed by atoms with Crippen molar-refractivity contribution >= 4 is 5.69 Å². The number of nitrogens with two attached hydrogens (primary N) is 1. The molecule has 112 valence electrons. The van der Waals surface area contributed by atoms with Crippen molar-refractivity contribution in [2.45, 2.75) is 52.5 Å². The molecule has 1 heterocycles. The van der Waals surface area contributed by atoms with E-state index in [9.17, 15) is 4.39 Å². The molecule has 0 amide bonds. The van der Waals surface area contributed by atoms with Crippen molar-refractivity contribution in [3.05, 3.63) is 29.6 Å². The van der Waals surface area contributed by atoms with Crippen LogP contribution in [0, 0.1) is 11.2 Å². The Labute approximate surface area is 122 Å². The Morgan fingerprint density at radius 1 is 1.30 bits per heavy atom. The number of hydrogen-bond acceptors (Lipinski definition) is 2. The molecule has 1 aromatic carbocycles. The Kier molecular flexibility index (Phi) is 4.69. The molecule has 0 bridgehead atoms. The molecule has 0 aromatic heterocycles. The number of nitrogens with zero attached hydrogens (tertiary/aromatic N) is 1. The molecule has 0 spiro atoms. The third kappa shape index (κ3) is 3.72. The Morgan fingerprint density at radius 2 is 2.05 bits per heavy atom. The summed E-state index contributed by atoms with van der Waals surface area (Å²) in [5.74, 6) is -0.108. The zero-order valence-corrected chi connectivity index (χ0v) is 13.0. The van der Waals surface area contributed by atoms with Gasteiger partial charge >= 0.3 is 0 Å². The predicted octanol–water partition coefficient (Wildman–Crippen LogP) is 3.73. The Balaban J connectivity index is 2.27. The average Bonchev–Trinajstić information content (AvgIpc) is 2.50. The fraction of sp³-hybridized carbons (Fsp3) is 0.647. The number of rotatable bonds is 3. The topological polar surface area (TPSA) is 29.3 Å². The highest BCUT2D eigenvalue weighted by atomic mass is 19.1. The number of anilines is 1. The van der Waals surface area contributed by atoms with Gasteiger partial charge in [-0.15, -0.1) is 0 Å². The van der Waals surface area contributed by atoms with Crippen LogP contribution in [-0.4, -0.2) is 19.1 Å². The second kappa shape index (κ2) is 6.13. The summed E-state index contributed by atoms with van der Waals surface area (Å²) in [5, 5.41) is 0. The maximum atomic E-state index is 14.3. The summed E-state index contributed by atoms with van der Waals surface area (Å²) >= 11 is 0. The van der Waals surface area contributed by atoms with Crippen LogP contribution in [0.25, 0.3) is 0 Å². The van der Waals surface area contributed by atoms with Crippen molar-refractivity contribution in [1.82, 2.24) is 0 Å². The lowest BCUT2D eigenvalue weighted by molar-refractivity contribution is 0.325. The van der Waals surface area contributed by atoms with E-state index in [1.165, 1.54) is 6.42 Å². The summed E-state index contributed by atoms with van der Waals surface area (Å²) in [6, 6.07) is 5.42. The van der Waals surface area contributed by atoms with E-state index in [1.54, 1.807) is 12.1 Å². The highest BCUT2D eigenvalue weighted by Crippen LogP contribution is 2.34. The zero-order chi connectivity index (χ0) is 14.8. The quantitative estimate of drug-likeness (QED) is 0.912. The lowest BCUT2D eigenvalue weighted by Gasteiger charge is -2.27. The van der Waals surface area contributed by atoms with Crippen LogP contribution in [0.3, 0.4) is 0 Å². The third-order valence-corrected chi connectivity index (χ3v) is 4.27. The van der Waals surface area contributed by atoms with E-state index in [4.69, 9.17) is 5.73 Å². The van der Waals surface area contributed by atoms with E-state index in [1.807, 2.05) is 13.0 Å². The van der Waals surface area contributed by atoms with Crippen molar-refractivity contribution in [2.24, 2.45) is 11.1 Å². The first-order valence-corrected chi connectivity index (χ1v) is 7.67. The van der Waals surface area contributed by atoms with E-state index in [-0.39, 0.29) is 11.9 Å². The molecule has 3 heteroatoms. The fourth-order valence-corrected chi connectivity index (χ4v) is 3.07. The molecule has 1 aliphatic rings. The maximum absolute atomic E-state index is 14.3. The average molecular weight is 278 g/mol. The highest BCUT2D eigenvalue weighted by Gasteiger charge is 2.25. The molecule has 1 fully saturated rings. The molecule has 1 aromatic rings. The van der Waals surface area contributed by atoms with Crippen molar-refractivity contribution in [3.63, 3.8) is 0 Å². The number of halogens is 1. The van der Waals surface area contributed by atoms with Crippen LogP contribution in [0.2, 0.25) is 0 Å². The molecule has 2 nitrogen and oxygen atoms in total. The van der Waals surface area contributed by atoms with Crippen LogP contribution in [0.4, 0.5) is 10.1 Å². The number of hydrogen-bond donors (Lipinski definition) is 1. The lowest BCUT2D eigenvalue weighted by Crippen LogP contribution is -2.28. The lowest BCUT2D eigenvalue weighted by atomic mass is 9.85. The second-order valence-electron chi connectivity index (χ2n) is 6.93. The van der Waals surface area contributed by atoms with Gasteiger partial charge in [0.15, 0.2) is 0 Å². The Morgan fingerprint density at radius 3 is 2.75 bits per heavy atom. The standard InChI is InChI=1S/C17H27FN2/c1-13(19)12-14-6-4-7-15(18)16(14)20-10-5-8-17(2,3)9-11-20/h4,6-7,13H,5,8-12,19H2,1-3H3. The maximum Gasteiger partial charge on any atom is 0.146 e. The molecule has 20 heavy (non-hydrogen) atoms. The highest BCUT2D eigenvalue weighted by molar-refractivity contribution is 5.55. The van der Waals surface area contributed by atoms with Crippen LogP contribution >= 0.6 is 0 Å².